The number of pyridine rings is 1. The number of carbonyl (C=O) groups excluding carboxylic acids is 2. The number of hydrogen-bond donors (Lipinski definition) is 3. The van der Waals surface area contributed by atoms with E-state index in [1.54, 1.807) is 18.5 Å². The highest BCUT2D eigenvalue weighted by Gasteiger charge is 2.40. The van der Waals surface area contributed by atoms with Crippen LogP contribution < -0.4 is 5.32 Å². The lowest BCUT2D eigenvalue weighted by Crippen LogP contribution is -2.35. The highest BCUT2D eigenvalue weighted by molar-refractivity contribution is 6.29. The van der Waals surface area contributed by atoms with E-state index >= 15 is 0 Å². The maximum atomic E-state index is 13.5. The van der Waals surface area contributed by atoms with Crippen LogP contribution in [0.2, 0.25) is 0 Å². The first-order valence-corrected chi connectivity index (χ1v) is 13.4. The van der Waals surface area contributed by atoms with Crippen molar-refractivity contribution in [2.24, 2.45) is 5.92 Å². The van der Waals surface area contributed by atoms with Crippen LogP contribution in [0, 0.1) is 12.8 Å². The number of aliphatic hydroxyl groups excluding tert-OH is 1. The van der Waals surface area contributed by atoms with E-state index in [1.165, 1.54) is 5.56 Å². The highest BCUT2D eigenvalue weighted by atomic mass is 16.5. The van der Waals surface area contributed by atoms with Gasteiger partial charge in [0.2, 0.25) is 11.7 Å². The SMILES string of the molecule is Cc1cc(CN2CCC(O)CC2)ccc1NC1=C(C(=O)C2CCC2)C(=O)/C(=C/c2c[nH]c3ncccc23)O1. The molecule has 0 unspecified atom stereocenters. The van der Waals surface area contributed by atoms with Gasteiger partial charge in [-0.3, -0.25) is 14.5 Å². The smallest absolute Gasteiger partial charge is 0.237 e. The second kappa shape index (κ2) is 10.2. The quantitative estimate of drug-likeness (QED) is 0.317. The zero-order valence-electron chi connectivity index (χ0n) is 21.5. The summed E-state index contributed by atoms with van der Waals surface area (Å²) >= 11 is 0. The highest BCUT2D eigenvalue weighted by Crippen LogP contribution is 2.36. The first kappa shape index (κ1) is 24.6. The molecule has 1 saturated carbocycles. The van der Waals surface area contributed by atoms with Crippen molar-refractivity contribution in [2.45, 2.75) is 51.7 Å². The number of ketones is 2. The number of rotatable bonds is 7. The molecule has 0 bridgehead atoms. The number of hydrogen-bond acceptors (Lipinski definition) is 7. The van der Waals surface area contributed by atoms with E-state index in [1.807, 2.05) is 25.1 Å². The van der Waals surface area contributed by atoms with Crippen LogP contribution in [0.5, 0.6) is 0 Å². The van der Waals surface area contributed by atoms with Crippen molar-refractivity contribution in [1.29, 1.82) is 0 Å². The van der Waals surface area contributed by atoms with Gasteiger partial charge in [0.05, 0.1) is 6.10 Å². The lowest BCUT2D eigenvalue weighted by Gasteiger charge is -2.29. The second-order valence-corrected chi connectivity index (χ2v) is 10.6. The van der Waals surface area contributed by atoms with Crippen LogP contribution in [-0.2, 0) is 20.9 Å². The summed E-state index contributed by atoms with van der Waals surface area (Å²) in [6, 6.07) is 9.92. The minimum atomic E-state index is -0.385. The molecule has 1 saturated heterocycles. The molecule has 1 aromatic carbocycles. The third kappa shape index (κ3) is 4.77. The third-order valence-electron chi connectivity index (χ3n) is 7.88. The van der Waals surface area contributed by atoms with Crippen LogP contribution in [0.4, 0.5) is 5.69 Å². The van der Waals surface area contributed by atoms with Crippen LogP contribution >= 0.6 is 0 Å². The Kier molecular flexibility index (Phi) is 6.59. The van der Waals surface area contributed by atoms with Crippen molar-refractivity contribution >= 4 is 34.4 Å². The number of aliphatic hydroxyl groups is 1. The van der Waals surface area contributed by atoms with E-state index < -0.39 is 0 Å². The average molecular weight is 513 g/mol. The molecule has 8 nitrogen and oxygen atoms in total. The Morgan fingerprint density at radius 2 is 2.05 bits per heavy atom. The van der Waals surface area contributed by atoms with Crippen molar-refractivity contribution in [3.8, 4) is 0 Å². The Morgan fingerprint density at radius 1 is 1.24 bits per heavy atom. The lowest BCUT2D eigenvalue weighted by molar-refractivity contribution is -0.124. The normalized spacial score (nSPS) is 20.3. The molecule has 1 aliphatic carbocycles. The molecule has 4 heterocycles. The molecule has 0 amide bonds. The number of fused-ring (bicyclic) bond motifs is 1. The monoisotopic (exact) mass is 512 g/mol. The molecule has 38 heavy (non-hydrogen) atoms. The molecule has 2 aromatic heterocycles. The fourth-order valence-electron chi connectivity index (χ4n) is 5.38. The van der Waals surface area contributed by atoms with Gasteiger partial charge in [-0.2, -0.15) is 0 Å². The van der Waals surface area contributed by atoms with Gasteiger partial charge in [0.1, 0.15) is 11.2 Å². The predicted molar refractivity (Wildman–Crippen MR) is 145 cm³/mol. The number of aryl methyl sites for hydroxylation is 1. The molecule has 2 aliphatic heterocycles. The van der Waals surface area contributed by atoms with Crippen molar-refractivity contribution in [3.63, 3.8) is 0 Å². The van der Waals surface area contributed by atoms with E-state index in [0.29, 0.717) is 0 Å². The minimum absolute atomic E-state index is 0.106. The van der Waals surface area contributed by atoms with Gasteiger partial charge in [-0.05, 0) is 68.0 Å². The number of allylic oxidation sites excluding steroid dienone is 1. The van der Waals surface area contributed by atoms with Crippen LogP contribution in [0.3, 0.4) is 0 Å². The number of ether oxygens (including phenoxy) is 1. The van der Waals surface area contributed by atoms with Gasteiger partial charge in [0.15, 0.2) is 11.5 Å². The van der Waals surface area contributed by atoms with Crippen molar-refractivity contribution in [2.75, 3.05) is 18.4 Å². The van der Waals surface area contributed by atoms with Gasteiger partial charge in [-0.25, -0.2) is 4.98 Å². The Morgan fingerprint density at radius 3 is 2.79 bits per heavy atom. The maximum Gasteiger partial charge on any atom is 0.237 e. The van der Waals surface area contributed by atoms with Crippen LogP contribution in [0.15, 0.2) is 59.9 Å². The molecule has 0 radical (unpaired) electrons. The van der Waals surface area contributed by atoms with Crippen LogP contribution in [0.25, 0.3) is 17.1 Å². The minimum Gasteiger partial charge on any atom is -0.436 e. The standard InChI is InChI=1S/C30H32N4O4/c1-18-14-19(17-34-12-9-22(35)10-13-34)7-8-24(18)33-30-26(27(36)20-4-2-5-20)28(37)25(38-30)15-21-16-32-29-23(21)6-3-11-31-29/h3,6-8,11,14-16,20,22,33,35H,2,4-5,9-10,12-13,17H2,1H3,(H,31,32)/b25-15-. The largest absolute Gasteiger partial charge is 0.436 e. The Balaban J connectivity index is 1.26. The summed E-state index contributed by atoms with van der Waals surface area (Å²) in [6.07, 6.45) is 9.20. The number of nitrogens with zero attached hydrogens (tertiary/aromatic N) is 2. The van der Waals surface area contributed by atoms with E-state index in [0.717, 1.165) is 79.6 Å². The summed E-state index contributed by atoms with van der Waals surface area (Å²) in [5.41, 5.74) is 4.58. The number of carbonyl (C=O) groups is 2. The predicted octanol–water partition coefficient (Wildman–Crippen LogP) is 4.46. The number of Topliss-reactive ketones (excluding diaryl/α,β-unsaturated/α-hetero) is 2. The Hall–Kier alpha value is -3.75. The van der Waals surface area contributed by atoms with Crippen molar-refractivity contribution in [1.82, 2.24) is 14.9 Å². The first-order valence-electron chi connectivity index (χ1n) is 13.4. The molecular weight excluding hydrogens is 480 g/mol. The van der Waals surface area contributed by atoms with E-state index in [9.17, 15) is 14.7 Å². The number of likely N-dealkylation sites (tertiary alicyclic amines) is 1. The molecule has 3 aromatic rings. The lowest BCUT2D eigenvalue weighted by atomic mass is 9.79. The van der Waals surface area contributed by atoms with E-state index in [2.05, 4.69) is 32.3 Å². The van der Waals surface area contributed by atoms with E-state index in [4.69, 9.17) is 4.74 Å². The van der Waals surface area contributed by atoms with Gasteiger partial charge in [0.25, 0.3) is 0 Å². The zero-order valence-corrected chi connectivity index (χ0v) is 21.5. The molecule has 0 spiro atoms. The van der Waals surface area contributed by atoms with Gasteiger partial charge >= 0.3 is 0 Å². The number of aromatic amines is 1. The second-order valence-electron chi connectivity index (χ2n) is 10.6. The van der Waals surface area contributed by atoms with Gasteiger partial charge in [0, 0.05) is 54.6 Å². The first-order chi connectivity index (χ1) is 18.5. The van der Waals surface area contributed by atoms with Crippen molar-refractivity contribution in [3.05, 3.63) is 76.6 Å². The summed E-state index contributed by atoms with van der Waals surface area (Å²) < 4.78 is 6.06. The molecule has 6 rings (SSSR count). The topological polar surface area (TPSA) is 108 Å². The van der Waals surface area contributed by atoms with Gasteiger partial charge in [-0.1, -0.05) is 18.6 Å². The summed E-state index contributed by atoms with van der Waals surface area (Å²) in [5.74, 6) is -0.325. The average Bonchev–Trinajstić information content (AvgIpc) is 3.42. The molecule has 0 atom stereocenters. The summed E-state index contributed by atoms with van der Waals surface area (Å²) in [7, 11) is 0. The fourth-order valence-corrected chi connectivity index (χ4v) is 5.38. The molecular formula is C30H32N4O4. The molecule has 8 heteroatoms. The number of nitrogens with one attached hydrogen (secondary N) is 2. The summed E-state index contributed by atoms with van der Waals surface area (Å²) in [6.45, 7) is 4.60. The number of benzene rings is 1. The number of anilines is 1. The fraction of sp³-hybridized carbons (Fsp3) is 0.367. The summed E-state index contributed by atoms with van der Waals surface area (Å²) in [5, 5.41) is 13.9. The maximum absolute atomic E-state index is 13.5. The number of piperidine rings is 1. The van der Waals surface area contributed by atoms with Crippen molar-refractivity contribution < 1.29 is 19.4 Å². The van der Waals surface area contributed by atoms with Crippen LogP contribution in [0.1, 0.15) is 48.8 Å². The zero-order chi connectivity index (χ0) is 26.2. The molecule has 3 aliphatic rings. The molecule has 3 N–H and O–H groups in total. The third-order valence-corrected chi connectivity index (χ3v) is 7.88. The Labute approximate surface area is 221 Å². The van der Waals surface area contributed by atoms with Crippen LogP contribution in [-0.4, -0.2) is 50.7 Å². The van der Waals surface area contributed by atoms with E-state index in [-0.39, 0.29) is 40.8 Å². The molecule has 2 fully saturated rings. The molecule has 196 valence electrons. The summed E-state index contributed by atoms with van der Waals surface area (Å²) in [4.78, 5) is 36.6. The Bertz CT molecular complexity index is 1460. The van der Waals surface area contributed by atoms with Gasteiger partial charge in [-0.15, -0.1) is 0 Å². The van der Waals surface area contributed by atoms with Gasteiger partial charge < -0.3 is 20.1 Å². The number of aromatic nitrogens is 2. The number of H-pyrrole nitrogens is 1.